The Morgan fingerprint density at radius 1 is 1.19 bits per heavy atom. The molecule has 0 amide bonds. The van der Waals surface area contributed by atoms with Gasteiger partial charge in [-0.25, -0.2) is 9.97 Å². The number of nitrogens with zero attached hydrogens (tertiary/aromatic N) is 2. The minimum absolute atomic E-state index is 0.376. The molecule has 0 aliphatic carbocycles. The molecule has 0 aliphatic heterocycles. The Labute approximate surface area is 140 Å². The maximum absolute atomic E-state index is 4.83. The lowest BCUT2D eigenvalue weighted by Crippen LogP contribution is -2.09. The van der Waals surface area contributed by atoms with Gasteiger partial charge in [0.2, 0.25) is 0 Å². The van der Waals surface area contributed by atoms with Crippen molar-refractivity contribution in [1.82, 2.24) is 9.97 Å². The van der Waals surface area contributed by atoms with E-state index in [-0.39, 0.29) is 0 Å². The lowest BCUT2D eigenvalue weighted by Gasteiger charge is -2.15. The van der Waals surface area contributed by atoms with Crippen molar-refractivity contribution in [1.29, 1.82) is 0 Å². The van der Waals surface area contributed by atoms with Crippen molar-refractivity contribution < 1.29 is 0 Å². The quantitative estimate of drug-likeness (QED) is 0.747. The van der Waals surface area contributed by atoms with Crippen molar-refractivity contribution in [2.75, 3.05) is 11.9 Å². The van der Waals surface area contributed by atoms with Crippen LogP contribution in [-0.2, 0) is 0 Å². The van der Waals surface area contributed by atoms with Crippen LogP contribution >= 0.6 is 22.6 Å². The molecule has 1 aromatic carbocycles. The number of halogens is 1. The van der Waals surface area contributed by atoms with Crippen LogP contribution in [0.2, 0.25) is 0 Å². The normalized spacial score (nSPS) is 11.0. The molecule has 0 bridgehead atoms. The van der Waals surface area contributed by atoms with E-state index in [1.807, 2.05) is 0 Å². The van der Waals surface area contributed by atoms with Gasteiger partial charge in [0, 0.05) is 12.1 Å². The molecule has 0 radical (unpaired) electrons. The zero-order valence-corrected chi connectivity index (χ0v) is 15.4. The van der Waals surface area contributed by atoms with Crippen molar-refractivity contribution in [2.45, 2.75) is 40.5 Å². The summed E-state index contributed by atoms with van der Waals surface area (Å²) in [5.74, 6) is 2.13. The fourth-order valence-corrected chi connectivity index (χ4v) is 3.28. The van der Waals surface area contributed by atoms with Gasteiger partial charge in [0.1, 0.15) is 5.82 Å². The van der Waals surface area contributed by atoms with E-state index in [0.29, 0.717) is 5.92 Å². The van der Waals surface area contributed by atoms with Gasteiger partial charge in [-0.15, -0.1) is 0 Å². The Morgan fingerprint density at radius 3 is 2.52 bits per heavy atom. The van der Waals surface area contributed by atoms with Gasteiger partial charge in [0.15, 0.2) is 5.82 Å². The first kappa shape index (κ1) is 16.2. The maximum Gasteiger partial charge on any atom is 0.162 e. The first-order valence-electron chi connectivity index (χ1n) is 7.33. The second-order valence-corrected chi connectivity index (χ2v) is 6.68. The summed E-state index contributed by atoms with van der Waals surface area (Å²) in [5.41, 5.74) is 4.66. The molecule has 0 saturated carbocycles. The molecule has 1 N–H and O–H groups in total. The molecule has 0 atom stereocenters. The third kappa shape index (κ3) is 3.54. The van der Waals surface area contributed by atoms with Crippen molar-refractivity contribution in [3.05, 3.63) is 38.6 Å². The number of hydrogen-bond donors (Lipinski definition) is 1. The molecule has 0 unspecified atom stereocenters. The Kier molecular flexibility index (Phi) is 5.19. The Balaban J connectivity index is 2.65. The monoisotopic (exact) mass is 395 g/mol. The highest BCUT2D eigenvalue weighted by Gasteiger charge is 2.16. The van der Waals surface area contributed by atoms with Crippen LogP contribution in [-0.4, -0.2) is 16.5 Å². The summed E-state index contributed by atoms with van der Waals surface area (Å²) in [4.78, 5) is 9.58. The van der Waals surface area contributed by atoms with E-state index in [1.165, 1.54) is 11.1 Å². The van der Waals surface area contributed by atoms with E-state index in [2.05, 4.69) is 80.7 Å². The highest BCUT2D eigenvalue weighted by Crippen LogP contribution is 2.29. The summed E-state index contributed by atoms with van der Waals surface area (Å²) < 4.78 is 1.12. The molecule has 1 heterocycles. The first-order chi connectivity index (χ1) is 9.93. The van der Waals surface area contributed by atoms with Gasteiger partial charge in [0.25, 0.3) is 0 Å². The minimum Gasteiger partial charge on any atom is -0.369 e. The average molecular weight is 395 g/mol. The van der Waals surface area contributed by atoms with E-state index in [0.717, 1.165) is 33.0 Å². The van der Waals surface area contributed by atoms with Crippen LogP contribution in [0.25, 0.3) is 11.4 Å². The predicted octanol–water partition coefficient (Wildman–Crippen LogP) is 4.92. The van der Waals surface area contributed by atoms with Gasteiger partial charge in [-0.2, -0.15) is 0 Å². The van der Waals surface area contributed by atoms with E-state index in [9.17, 15) is 0 Å². The fraction of sp³-hybridized carbons (Fsp3) is 0.412. The molecule has 0 fully saturated rings. The Bertz CT molecular complexity index is 651. The number of rotatable bonds is 4. The molecule has 3 nitrogen and oxygen atoms in total. The van der Waals surface area contributed by atoms with Gasteiger partial charge in [-0.1, -0.05) is 31.5 Å². The number of aromatic nitrogens is 2. The van der Waals surface area contributed by atoms with Crippen molar-refractivity contribution in [3.63, 3.8) is 0 Å². The summed E-state index contributed by atoms with van der Waals surface area (Å²) >= 11 is 2.34. The zero-order chi connectivity index (χ0) is 15.6. The highest BCUT2D eigenvalue weighted by molar-refractivity contribution is 14.1. The van der Waals surface area contributed by atoms with Crippen LogP contribution in [0.15, 0.2) is 18.2 Å². The summed E-state index contributed by atoms with van der Waals surface area (Å²) in [6.07, 6.45) is 0. The largest absolute Gasteiger partial charge is 0.369 e. The minimum atomic E-state index is 0.376. The first-order valence-corrected chi connectivity index (χ1v) is 8.40. The maximum atomic E-state index is 4.83. The second-order valence-electron chi connectivity index (χ2n) is 5.60. The van der Waals surface area contributed by atoms with Gasteiger partial charge in [-0.3, -0.25) is 0 Å². The van der Waals surface area contributed by atoms with Crippen LogP contribution in [0.5, 0.6) is 0 Å². The smallest absolute Gasteiger partial charge is 0.162 e. The summed E-state index contributed by atoms with van der Waals surface area (Å²) in [6.45, 7) is 11.5. The van der Waals surface area contributed by atoms with Gasteiger partial charge in [0.05, 0.1) is 9.26 Å². The number of nitrogens with one attached hydrogen (secondary N) is 1. The van der Waals surface area contributed by atoms with Crippen molar-refractivity contribution in [3.8, 4) is 11.4 Å². The summed E-state index contributed by atoms with van der Waals surface area (Å²) in [6, 6.07) is 6.42. The van der Waals surface area contributed by atoms with Crippen LogP contribution < -0.4 is 5.32 Å². The molecule has 0 aliphatic rings. The zero-order valence-electron chi connectivity index (χ0n) is 13.3. The predicted molar refractivity (Wildman–Crippen MR) is 97.9 cm³/mol. The molecule has 2 aromatic rings. The van der Waals surface area contributed by atoms with Crippen LogP contribution in [0, 0.1) is 17.4 Å². The third-order valence-electron chi connectivity index (χ3n) is 3.40. The number of benzene rings is 1. The summed E-state index contributed by atoms with van der Waals surface area (Å²) in [7, 11) is 0. The molecule has 4 heteroatoms. The fourth-order valence-electron chi connectivity index (χ4n) is 2.23. The van der Waals surface area contributed by atoms with Crippen LogP contribution in [0.4, 0.5) is 5.82 Å². The molecule has 0 saturated heterocycles. The molecule has 112 valence electrons. The van der Waals surface area contributed by atoms with E-state index in [4.69, 9.17) is 9.97 Å². The molecule has 1 aromatic heterocycles. The standard InChI is InChI=1S/C17H22IN3/c1-6-19-17-14(18)15(10(2)3)20-16(21-17)13-9-11(4)7-8-12(13)5/h7-10H,6H2,1-5H3,(H,19,20,21). The van der Waals surface area contributed by atoms with Crippen molar-refractivity contribution in [2.24, 2.45) is 0 Å². The van der Waals surface area contributed by atoms with E-state index >= 15 is 0 Å². The Hall–Kier alpha value is -1.17. The second kappa shape index (κ2) is 6.73. The average Bonchev–Trinajstić information content (AvgIpc) is 2.43. The number of aryl methyl sites for hydroxylation is 2. The van der Waals surface area contributed by atoms with Gasteiger partial charge >= 0.3 is 0 Å². The highest BCUT2D eigenvalue weighted by atomic mass is 127. The molecular weight excluding hydrogens is 373 g/mol. The van der Waals surface area contributed by atoms with Crippen LogP contribution in [0.3, 0.4) is 0 Å². The van der Waals surface area contributed by atoms with Gasteiger partial charge in [-0.05, 0) is 60.9 Å². The third-order valence-corrected chi connectivity index (χ3v) is 4.47. The van der Waals surface area contributed by atoms with Gasteiger partial charge < -0.3 is 5.32 Å². The van der Waals surface area contributed by atoms with E-state index in [1.54, 1.807) is 0 Å². The number of anilines is 1. The lowest BCUT2D eigenvalue weighted by molar-refractivity contribution is 0.808. The molecular formula is C17H22IN3. The van der Waals surface area contributed by atoms with Crippen molar-refractivity contribution >= 4 is 28.4 Å². The number of hydrogen-bond acceptors (Lipinski definition) is 3. The summed E-state index contributed by atoms with van der Waals surface area (Å²) in [5, 5.41) is 3.36. The molecule has 0 spiro atoms. The topological polar surface area (TPSA) is 37.8 Å². The lowest BCUT2D eigenvalue weighted by atomic mass is 10.0. The molecule has 2 rings (SSSR count). The van der Waals surface area contributed by atoms with E-state index < -0.39 is 0 Å². The van der Waals surface area contributed by atoms with Crippen LogP contribution in [0.1, 0.15) is 43.5 Å². The SMILES string of the molecule is CCNc1nc(-c2cc(C)ccc2C)nc(C(C)C)c1I. The Morgan fingerprint density at radius 2 is 1.90 bits per heavy atom. The molecule has 21 heavy (non-hydrogen) atoms.